The summed E-state index contributed by atoms with van der Waals surface area (Å²) in [7, 11) is 0. The zero-order chi connectivity index (χ0) is 10.4. The van der Waals surface area contributed by atoms with Gasteiger partial charge in [0.05, 0.1) is 12.1 Å². The molecule has 0 aromatic heterocycles. The number of nitrogens with zero attached hydrogens (tertiary/aromatic N) is 2. The van der Waals surface area contributed by atoms with Crippen LogP contribution in [-0.2, 0) is 0 Å². The van der Waals surface area contributed by atoms with E-state index in [1.54, 1.807) is 18.2 Å². The highest BCUT2D eigenvalue weighted by Crippen LogP contribution is 2.08. The van der Waals surface area contributed by atoms with Crippen LogP contribution >= 0.6 is 0 Å². The molecular weight excluding hydrogens is 181 g/mol. The molecule has 0 radical (unpaired) electrons. The first kappa shape index (κ1) is 10.5. The van der Waals surface area contributed by atoms with E-state index < -0.39 is 0 Å². The van der Waals surface area contributed by atoms with Crippen molar-refractivity contribution in [3.63, 3.8) is 0 Å². The van der Waals surface area contributed by atoms with Crippen LogP contribution in [-0.4, -0.2) is 25.6 Å². The molecule has 0 saturated heterocycles. The molecule has 74 valence electrons. The maximum absolute atomic E-state index is 13.3. The molecule has 0 aliphatic heterocycles. The quantitative estimate of drug-likeness (QED) is 0.569. The van der Waals surface area contributed by atoms with E-state index in [9.17, 15) is 4.39 Å². The average molecular weight is 193 g/mol. The van der Waals surface area contributed by atoms with Crippen molar-refractivity contribution in [2.45, 2.75) is 0 Å². The van der Waals surface area contributed by atoms with Gasteiger partial charge in [0.2, 0.25) is 0 Å². The largest absolute Gasteiger partial charge is 0.329 e. The van der Waals surface area contributed by atoms with Gasteiger partial charge in [0, 0.05) is 6.54 Å². The highest BCUT2D eigenvalue weighted by atomic mass is 19.1. The molecule has 1 aromatic rings. The SMILES string of the molecule is C=NC(=NCCN)c1ccccc1F. The second-order valence-corrected chi connectivity index (χ2v) is 2.63. The lowest BCUT2D eigenvalue weighted by Crippen LogP contribution is -2.07. The van der Waals surface area contributed by atoms with Crippen LogP contribution in [0.15, 0.2) is 34.3 Å². The Bertz CT molecular complexity index is 347. The Morgan fingerprint density at radius 2 is 2.14 bits per heavy atom. The van der Waals surface area contributed by atoms with E-state index in [-0.39, 0.29) is 5.82 Å². The fraction of sp³-hybridized carbons (Fsp3) is 0.200. The van der Waals surface area contributed by atoms with Gasteiger partial charge in [-0.15, -0.1) is 0 Å². The summed E-state index contributed by atoms with van der Waals surface area (Å²) in [4.78, 5) is 7.68. The molecule has 0 unspecified atom stereocenters. The number of amidine groups is 1. The Morgan fingerprint density at radius 1 is 1.43 bits per heavy atom. The number of hydrogen-bond acceptors (Lipinski definition) is 2. The van der Waals surface area contributed by atoms with E-state index in [0.29, 0.717) is 24.5 Å². The van der Waals surface area contributed by atoms with Crippen LogP contribution in [0.25, 0.3) is 0 Å². The number of nitrogens with two attached hydrogens (primary N) is 1. The summed E-state index contributed by atoms with van der Waals surface area (Å²) < 4.78 is 13.3. The first-order valence-corrected chi connectivity index (χ1v) is 4.25. The van der Waals surface area contributed by atoms with Gasteiger partial charge in [-0.1, -0.05) is 12.1 Å². The molecule has 3 nitrogen and oxygen atoms in total. The minimum absolute atomic E-state index is 0.300. The van der Waals surface area contributed by atoms with Crippen molar-refractivity contribution in [1.29, 1.82) is 0 Å². The molecule has 0 saturated carbocycles. The third-order valence-corrected chi connectivity index (χ3v) is 1.66. The standard InChI is InChI=1S/C10H12FN3/c1-13-10(14-7-6-12)8-4-2-3-5-9(8)11/h2-5H,1,6-7,12H2. The van der Waals surface area contributed by atoms with E-state index in [1.165, 1.54) is 6.07 Å². The summed E-state index contributed by atoms with van der Waals surface area (Å²) in [6, 6.07) is 6.31. The van der Waals surface area contributed by atoms with Crippen LogP contribution in [0.1, 0.15) is 5.56 Å². The minimum atomic E-state index is -0.351. The van der Waals surface area contributed by atoms with Crippen molar-refractivity contribution < 1.29 is 4.39 Å². The van der Waals surface area contributed by atoms with Gasteiger partial charge >= 0.3 is 0 Å². The van der Waals surface area contributed by atoms with Crippen molar-refractivity contribution >= 4 is 12.6 Å². The molecule has 4 heteroatoms. The zero-order valence-corrected chi connectivity index (χ0v) is 7.78. The lowest BCUT2D eigenvalue weighted by Gasteiger charge is -2.01. The van der Waals surface area contributed by atoms with Gasteiger partial charge in [0.15, 0.2) is 5.84 Å². The maximum Gasteiger partial charge on any atom is 0.156 e. The number of halogens is 1. The van der Waals surface area contributed by atoms with Gasteiger partial charge in [-0.25, -0.2) is 9.38 Å². The van der Waals surface area contributed by atoms with Crippen molar-refractivity contribution in [3.8, 4) is 0 Å². The lowest BCUT2D eigenvalue weighted by atomic mass is 10.2. The van der Waals surface area contributed by atoms with Crippen LogP contribution in [0.3, 0.4) is 0 Å². The van der Waals surface area contributed by atoms with E-state index in [1.807, 2.05) is 0 Å². The normalized spacial score (nSPS) is 11.4. The molecular formula is C10H12FN3. The van der Waals surface area contributed by atoms with Crippen LogP contribution < -0.4 is 5.73 Å². The van der Waals surface area contributed by atoms with Crippen molar-refractivity contribution in [1.82, 2.24) is 0 Å². The first-order chi connectivity index (χ1) is 6.79. The second-order valence-electron chi connectivity index (χ2n) is 2.63. The van der Waals surface area contributed by atoms with Gasteiger partial charge in [0.1, 0.15) is 5.82 Å². The minimum Gasteiger partial charge on any atom is -0.329 e. The Kier molecular flexibility index (Phi) is 3.94. The predicted octanol–water partition coefficient (Wildman–Crippen LogP) is 1.23. The third-order valence-electron chi connectivity index (χ3n) is 1.66. The summed E-state index contributed by atoms with van der Waals surface area (Å²) in [5, 5.41) is 0. The zero-order valence-electron chi connectivity index (χ0n) is 7.78. The van der Waals surface area contributed by atoms with E-state index in [0.717, 1.165) is 0 Å². The van der Waals surface area contributed by atoms with Gasteiger partial charge in [-0.3, -0.25) is 4.99 Å². The Balaban J connectivity index is 3.01. The Labute approximate surface area is 82.2 Å². The van der Waals surface area contributed by atoms with Crippen molar-refractivity contribution in [2.75, 3.05) is 13.1 Å². The van der Waals surface area contributed by atoms with Crippen LogP contribution in [0.2, 0.25) is 0 Å². The molecule has 2 N–H and O–H groups in total. The smallest absolute Gasteiger partial charge is 0.156 e. The number of benzene rings is 1. The number of aliphatic imine (C=N–C) groups is 2. The monoisotopic (exact) mass is 193 g/mol. The van der Waals surface area contributed by atoms with Crippen LogP contribution in [0.4, 0.5) is 4.39 Å². The fourth-order valence-electron chi connectivity index (χ4n) is 1.03. The summed E-state index contributed by atoms with van der Waals surface area (Å²) in [5.74, 6) is -0.0516. The predicted molar refractivity (Wildman–Crippen MR) is 56.4 cm³/mol. The van der Waals surface area contributed by atoms with Gasteiger partial charge in [0.25, 0.3) is 0 Å². The fourth-order valence-corrected chi connectivity index (χ4v) is 1.03. The third kappa shape index (κ3) is 2.47. The molecule has 0 aliphatic rings. The molecule has 0 atom stereocenters. The Morgan fingerprint density at radius 3 is 2.71 bits per heavy atom. The molecule has 1 aromatic carbocycles. The van der Waals surface area contributed by atoms with Crippen molar-refractivity contribution in [3.05, 3.63) is 35.6 Å². The molecule has 0 amide bonds. The lowest BCUT2D eigenvalue weighted by molar-refractivity contribution is 0.625. The number of hydrogen-bond donors (Lipinski definition) is 1. The van der Waals surface area contributed by atoms with Crippen LogP contribution in [0.5, 0.6) is 0 Å². The van der Waals surface area contributed by atoms with E-state index in [4.69, 9.17) is 5.73 Å². The van der Waals surface area contributed by atoms with Gasteiger partial charge in [-0.05, 0) is 18.9 Å². The Hall–Kier alpha value is -1.55. The highest BCUT2D eigenvalue weighted by Gasteiger charge is 2.05. The van der Waals surface area contributed by atoms with E-state index in [2.05, 4.69) is 16.7 Å². The maximum atomic E-state index is 13.3. The summed E-state index contributed by atoms with van der Waals surface area (Å²) >= 11 is 0. The summed E-state index contributed by atoms with van der Waals surface area (Å²) in [6.45, 7) is 4.17. The van der Waals surface area contributed by atoms with Crippen LogP contribution in [0, 0.1) is 5.82 Å². The van der Waals surface area contributed by atoms with Crippen molar-refractivity contribution in [2.24, 2.45) is 15.7 Å². The van der Waals surface area contributed by atoms with E-state index >= 15 is 0 Å². The van der Waals surface area contributed by atoms with Gasteiger partial charge in [-0.2, -0.15) is 0 Å². The molecule has 14 heavy (non-hydrogen) atoms. The molecule has 0 aliphatic carbocycles. The van der Waals surface area contributed by atoms with Gasteiger partial charge < -0.3 is 5.73 Å². The molecule has 0 bridgehead atoms. The summed E-state index contributed by atoms with van der Waals surface area (Å²) in [5.41, 5.74) is 5.64. The molecule has 0 fully saturated rings. The molecule has 0 spiro atoms. The topological polar surface area (TPSA) is 50.7 Å². The average Bonchev–Trinajstić information content (AvgIpc) is 2.21. The molecule has 0 heterocycles. The second kappa shape index (κ2) is 5.24. The highest BCUT2D eigenvalue weighted by molar-refractivity contribution is 6.01. The molecule has 1 rings (SSSR count). The summed E-state index contributed by atoms with van der Waals surface area (Å²) in [6.07, 6.45) is 0. The first-order valence-electron chi connectivity index (χ1n) is 4.25. The number of rotatable bonds is 3.